The molecule has 0 radical (unpaired) electrons. The van der Waals surface area contributed by atoms with Gasteiger partial charge < -0.3 is 5.32 Å². The summed E-state index contributed by atoms with van der Waals surface area (Å²) < 4.78 is 3.15. The Balaban J connectivity index is 2.05. The first kappa shape index (κ1) is 14.3. The normalized spacial score (nSPS) is 11.8. The molecule has 1 N–H and O–H groups in total. The van der Waals surface area contributed by atoms with Gasteiger partial charge in [-0.15, -0.1) is 0 Å². The van der Waals surface area contributed by atoms with Gasteiger partial charge in [0.1, 0.15) is 0 Å². The predicted octanol–water partition coefficient (Wildman–Crippen LogP) is 3.58. The van der Waals surface area contributed by atoms with Crippen LogP contribution in [0.3, 0.4) is 0 Å². The van der Waals surface area contributed by atoms with Crippen molar-refractivity contribution in [1.29, 1.82) is 0 Å². The van der Waals surface area contributed by atoms with Crippen LogP contribution in [0.1, 0.15) is 32.0 Å². The third-order valence-electron chi connectivity index (χ3n) is 2.85. The largest absolute Gasteiger partial charge is 0.306 e. The lowest BCUT2D eigenvalue weighted by atomic mass is 10.1. The number of rotatable bonds is 4. The highest BCUT2D eigenvalue weighted by Crippen LogP contribution is 2.12. The van der Waals surface area contributed by atoms with E-state index in [0.717, 1.165) is 17.6 Å². The molecule has 1 heterocycles. The lowest BCUT2D eigenvalue weighted by molar-refractivity contribution is 0.414. The van der Waals surface area contributed by atoms with Crippen LogP contribution in [0.15, 0.2) is 41.0 Å². The van der Waals surface area contributed by atoms with E-state index < -0.39 is 0 Å². The van der Waals surface area contributed by atoms with E-state index in [1.807, 2.05) is 10.9 Å². The summed E-state index contributed by atoms with van der Waals surface area (Å²) in [5.41, 5.74) is 2.58. The molecular weight excluding hydrogens is 302 g/mol. The Labute approximate surface area is 123 Å². The van der Waals surface area contributed by atoms with Crippen molar-refractivity contribution in [3.63, 3.8) is 0 Å². The highest BCUT2D eigenvalue weighted by molar-refractivity contribution is 9.10. The summed E-state index contributed by atoms with van der Waals surface area (Å²) in [5, 5.41) is 7.89. The van der Waals surface area contributed by atoms with E-state index in [2.05, 4.69) is 77.4 Å². The van der Waals surface area contributed by atoms with Crippen LogP contribution in [-0.4, -0.2) is 15.3 Å². The van der Waals surface area contributed by atoms with E-state index in [1.165, 1.54) is 11.3 Å². The number of nitrogens with zero attached hydrogens (tertiary/aromatic N) is 2. The second kappa shape index (κ2) is 5.88. The first-order valence-corrected chi connectivity index (χ1v) is 7.23. The monoisotopic (exact) mass is 321 g/mol. The molecule has 3 nitrogen and oxygen atoms in total. The van der Waals surface area contributed by atoms with E-state index in [0.29, 0.717) is 0 Å². The molecule has 0 aliphatic carbocycles. The van der Waals surface area contributed by atoms with Crippen LogP contribution < -0.4 is 5.32 Å². The minimum atomic E-state index is 0.118. The molecular formula is C15H20BrN3. The summed E-state index contributed by atoms with van der Waals surface area (Å²) in [6.07, 6.45) is 1.86. The number of hydrogen-bond acceptors (Lipinski definition) is 2. The van der Waals surface area contributed by atoms with Crippen LogP contribution in [0.25, 0.3) is 0 Å². The first-order valence-electron chi connectivity index (χ1n) is 6.44. The van der Waals surface area contributed by atoms with Crippen LogP contribution in [0.4, 0.5) is 0 Å². The Morgan fingerprint density at radius 3 is 2.47 bits per heavy atom. The number of halogens is 1. The number of nitrogens with one attached hydrogen (secondary N) is 1. The molecule has 0 bridgehead atoms. The molecule has 0 unspecified atom stereocenters. The summed E-state index contributed by atoms with van der Waals surface area (Å²) in [4.78, 5) is 0. The lowest BCUT2D eigenvalue weighted by Crippen LogP contribution is -2.35. The summed E-state index contributed by atoms with van der Waals surface area (Å²) in [6, 6.07) is 10.4. The zero-order valence-electron chi connectivity index (χ0n) is 11.7. The SMILES string of the molecule is CC(C)(C)NCc1ccnn1Cc1ccc(Br)cc1. The van der Waals surface area contributed by atoms with Gasteiger partial charge in [-0.2, -0.15) is 5.10 Å². The Hall–Kier alpha value is -1.13. The van der Waals surface area contributed by atoms with Gasteiger partial charge in [0.25, 0.3) is 0 Å². The topological polar surface area (TPSA) is 29.9 Å². The van der Waals surface area contributed by atoms with Crippen LogP contribution in [0.2, 0.25) is 0 Å². The van der Waals surface area contributed by atoms with Crippen LogP contribution in [0, 0.1) is 0 Å². The summed E-state index contributed by atoms with van der Waals surface area (Å²) >= 11 is 3.45. The van der Waals surface area contributed by atoms with Gasteiger partial charge >= 0.3 is 0 Å². The maximum atomic E-state index is 4.40. The maximum absolute atomic E-state index is 4.40. The van der Waals surface area contributed by atoms with Gasteiger partial charge in [0.15, 0.2) is 0 Å². The van der Waals surface area contributed by atoms with E-state index >= 15 is 0 Å². The van der Waals surface area contributed by atoms with Crippen molar-refractivity contribution in [2.24, 2.45) is 0 Å². The summed E-state index contributed by atoms with van der Waals surface area (Å²) in [5.74, 6) is 0. The van der Waals surface area contributed by atoms with Gasteiger partial charge in [-0.25, -0.2) is 0 Å². The van der Waals surface area contributed by atoms with Crippen molar-refractivity contribution in [2.75, 3.05) is 0 Å². The zero-order valence-corrected chi connectivity index (χ0v) is 13.2. The lowest BCUT2D eigenvalue weighted by Gasteiger charge is -2.20. The first-order chi connectivity index (χ1) is 8.94. The van der Waals surface area contributed by atoms with Crippen molar-refractivity contribution in [1.82, 2.24) is 15.1 Å². The minimum absolute atomic E-state index is 0.118. The van der Waals surface area contributed by atoms with E-state index in [4.69, 9.17) is 0 Å². The summed E-state index contributed by atoms with van der Waals surface area (Å²) in [6.45, 7) is 8.15. The highest BCUT2D eigenvalue weighted by atomic mass is 79.9. The fraction of sp³-hybridized carbons (Fsp3) is 0.400. The maximum Gasteiger partial charge on any atom is 0.0663 e. The molecule has 1 aromatic carbocycles. The number of benzene rings is 1. The zero-order chi connectivity index (χ0) is 13.9. The van der Waals surface area contributed by atoms with Gasteiger partial charge in [0.05, 0.1) is 12.2 Å². The molecule has 19 heavy (non-hydrogen) atoms. The quantitative estimate of drug-likeness (QED) is 0.932. The Kier molecular flexibility index (Phi) is 4.42. The van der Waals surface area contributed by atoms with Gasteiger partial charge in [0, 0.05) is 22.8 Å². The summed E-state index contributed by atoms with van der Waals surface area (Å²) in [7, 11) is 0. The predicted molar refractivity (Wildman–Crippen MR) is 82.1 cm³/mol. The standard InChI is InChI=1S/C15H20BrN3/c1-15(2,3)17-10-14-8-9-18-19(14)11-12-4-6-13(16)7-5-12/h4-9,17H,10-11H2,1-3H3. The number of hydrogen-bond donors (Lipinski definition) is 1. The van der Waals surface area contributed by atoms with Gasteiger partial charge in [-0.1, -0.05) is 28.1 Å². The number of aromatic nitrogens is 2. The molecule has 0 aliphatic rings. The van der Waals surface area contributed by atoms with Crippen molar-refractivity contribution in [2.45, 2.75) is 39.4 Å². The molecule has 0 atom stereocenters. The molecule has 0 fully saturated rings. The molecule has 1 aromatic heterocycles. The van der Waals surface area contributed by atoms with Gasteiger partial charge in [0.2, 0.25) is 0 Å². The van der Waals surface area contributed by atoms with Crippen molar-refractivity contribution in [3.05, 3.63) is 52.3 Å². The molecule has 2 rings (SSSR count). The van der Waals surface area contributed by atoms with Crippen molar-refractivity contribution < 1.29 is 0 Å². The average Bonchev–Trinajstić information content (AvgIpc) is 2.76. The van der Waals surface area contributed by atoms with Crippen LogP contribution in [-0.2, 0) is 13.1 Å². The van der Waals surface area contributed by atoms with Crippen molar-refractivity contribution in [3.8, 4) is 0 Å². The van der Waals surface area contributed by atoms with Crippen LogP contribution in [0.5, 0.6) is 0 Å². The van der Waals surface area contributed by atoms with Gasteiger partial charge in [-0.3, -0.25) is 4.68 Å². The Morgan fingerprint density at radius 2 is 1.84 bits per heavy atom. The molecule has 0 saturated carbocycles. The second-order valence-corrected chi connectivity index (χ2v) is 6.63. The fourth-order valence-electron chi connectivity index (χ4n) is 1.77. The van der Waals surface area contributed by atoms with Crippen LogP contribution >= 0.6 is 15.9 Å². The smallest absolute Gasteiger partial charge is 0.0663 e. The molecule has 0 saturated heterocycles. The minimum Gasteiger partial charge on any atom is -0.306 e. The van der Waals surface area contributed by atoms with E-state index in [-0.39, 0.29) is 5.54 Å². The molecule has 2 aromatic rings. The third kappa shape index (κ3) is 4.48. The molecule has 0 amide bonds. The van der Waals surface area contributed by atoms with E-state index in [1.54, 1.807) is 0 Å². The molecule has 102 valence electrons. The van der Waals surface area contributed by atoms with E-state index in [9.17, 15) is 0 Å². The Morgan fingerprint density at radius 1 is 1.16 bits per heavy atom. The molecule has 4 heteroatoms. The molecule has 0 spiro atoms. The van der Waals surface area contributed by atoms with Gasteiger partial charge in [-0.05, 0) is 44.5 Å². The van der Waals surface area contributed by atoms with Crippen molar-refractivity contribution >= 4 is 15.9 Å². The third-order valence-corrected chi connectivity index (χ3v) is 3.38. The fourth-order valence-corrected chi connectivity index (χ4v) is 2.04. The highest BCUT2D eigenvalue weighted by Gasteiger charge is 2.10. The Bertz CT molecular complexity index is 523. The second-order valence-electron chi connectivity index (χ2n) is 5.71. The average molecular weight is 322 g/mol. The molecule has 0 aliphatic heterocycles.